The number of pyridine rings is 1. The Morgan fingerprint density at radius 1 is 1.30 bits per heavy atom. The lowest BCUT2D eigenvalue weighted by atomic mass is 10.1. The van der Waals surface area contributed by atoms with Crippen LogP contribution in [0, 0.1) is 0 Å². The predicted octanol–water partition coefficient (Wildman–Crippen LogP) is 3.29. The molecule has 3 heterocycles. The maximum Gasteiger partial charge on any atom is 0.313 e. The first-order chi connectivity index (χ1) is 13.1. The quantitative estimate of drug-likeness (QED) is 0.630. The van der Waals surface area contributed by atoms with E-state index < -0.39 is 5.97 Å². The number of carboxylic acid groups (broad SMARTS) is 1. The van der Waals surface area contributed by atoms with Crippen LogP contribution in [0.5, 0.6) is 0 Å². The van der Waals surface area contributed by atoms with E-state index in [4.69, 9.17) is 26.4 Å². The normalized spacial score (nSPS) is 14.6. The molecule has 1 aliphatic rings. The van der Waals surface area contributed by atoms with Crippen molar-refractivity contribution >= 4 is 46.2 Å². The first-order valence-corrected chi connectivity index (χ1v) is 9.80. The van der Waals surface area contributed by atoms with Gasteiger partial charge >= 0.3 is 5.97 Å². The molecule has 1 fully saturated rings. The van der Waals surface area contributed by atoms with Crippen molar-refractivity contribution in [2.45, 2.75) is 5.16 Å². The summed E-state index contributed by atoms with van der Waals surface area (Å²) in [7, 11) is 0. The van der Waals surface area contributed by atoms with Crippen molar-refractivity contribution in [1.29, 1.82) is 0 Å². The third kappa shape index (κ3) is 4.02. The van der Waals surface area contributed by atoms with Crippen LogP contribution in [0.1, 0.15) is 0 Å². The van der Waals surface area contributed by atoms with Gasteiger partial charge in [-0.2, -0.15) is 0 Å². The number of H-pyrrole nitrogens is 1. The standard InChI is InChI=1S/C18H17ClN4O3S/c19-12-9-15-14(21-18(22-15)27-10-17(24)25)8-11(12)13-2-1-3-16(20-13)23-4-6-26-7-5-23/h1-3,8-9H,4-7,10H2,(H,21,22)(H,24,25). The number of thioether (sulfide) groups is 1. The van der Waals surface area contributed by atoms with Crippen molar-refractivity contribution in [3.63, 3.8) is 0 Å². The van der Waals surface area contributed by atoms with Gasteiger partial charge in [0.25, 0.3) is 0 Å². The monoisotopic (exact) mass is 404 g/mol. The number of morpholine rings is 1. The summed E-state index contributed by atoms with van der Waals surface area (Å²) in [6.07, 6.45) is 0. The molecule has 7 nitrogen and oxygen atoms in total. The molecule has 2 N–H and O–H groups in total. The number of hydrogen-bond acceptors (Lipinski definition) is 6. The highest BCUT2D eigenvalue weighted by atomic mass is 35.5. The number of aromatic nitrogens is 3. The molecule has 2 aromatic heterocycles. The SMILES string of the molecule is O=C(O)CSc1nc2cc(-c3cccc(N4CCOCC4)n3)c(Cl)cc2[nH]1. The Morgan fingerprint density at radius 3 is 2.89 bits per heavy atom. The minimum Gasteiger partial charge on any atom is -0.481 e. The Hall–Kier alpha value is -2.29. The van der Waals surface area contributed by atoms with Crippen LogP contribution in [0.2, 0.25) is 5.02 Å². The molecule has 140 valence electrons. The van der Waals surface area contributed by atoms with Gasteiger partial charge in [0.1, 0.15) is 5.82 Å². The van der Waals surface area contributed by atoms with Crippen LogP contribution in [0.15, 0.2) is 35.5 Å². The number of hydrogen-bond donors (Lipinski definition) is 2. The summed E-state index contributed by atoms with van der Waals surface area (Å²) >= 11 is 7.63. The predicted molar refractivity (Wildman–Crippen MR) is 106 cm³/mol. The lowest BCUT2D eigenvalue weighted by Crippen LogP contribution is -2.36. The van der Waals surface area contributed by atoms with Gasteiger partial charge in [0.2, 0.25) is 0 Å². The zero-order valence-corrected chi connectivity index (χ0v) is 15.9. The molecule has 0 unspecified atom stereocenters. The van der Waals surface area contributed by atoms with E-state index in [2.05, 4.69) is 14.9 Å². The highest BCUT2D eigenvalue weighted by Gasteiger charge is 2.15. The molecule has 1 aliphatic heterocycles. The van der Waals surface area contributed by atoms with Crippen LogP contribution < -0.4 is 4.90 Å². The fourth-order valence-corrected chi connectivity index (χ4v) is 3.81. The average molecular weight is 405 g/mol. The maximum atomic E-state index is 10.7. The van der Waals surface area contributed by atoms with Crippen molar-refractivity contribution in [2.75, 3.05) is 37.0 Å². The van der Waals surface area contributed by atoms with Gasteiger partial charge in [-0.25, -0.2) is 9.97 Å². The third-order valence-electron chi connectivity index (χ3n) is 4.23. The summed E-state index contributed by atoms with van der Waals surface area (Å²) in [6, 6.07) is 9.55. The van der Waals surface area contributed by atoms with E-state index in [9.17, 15) is 4.79 Å². The summed E-state index contributed by atoms with van der Waals surface area (Å²) in [4.78, 5) is 25.2. The number of aromatic amines is 1. The zero-order chi connectivity index (χ0) is 18.8. The number of nitrogens with one attached hydrogen (secondary N) is 1. The Kier molecular flexibility index (Phi) is 5.20. The summed E-state index contributed by atoms with van der Waals surface area (Å²) in [6.45, 7) is 3.02. The van der Waals surface area contributed by atoms with E-state index in [1.807, 2.05) is 24.3 Å². The van der Waals surface area contributed by atoms with Gasteiger partial charge in [-0.05, 0) is 24.3 Å². The number of nitrogens with zero attached hydrogens (tertiary/aromatic N) is 3. The van der Waals surface area contributed by atoms with Gasteiger partial charge in [0.15, 0.2) is 5.16 Å². The van der Waals surface area contributed by atoms with Crippen LogP contribution in [0.25, 0.3) is 22.3 Å². The zero-order valence-electron chi connectivity index (χ0n) is 14.3. The first kappa shape index (κ1) is 18.1. The highest BCUT2D eigenvalue weighted by Crippen LogP contribution is 2.32. The minimum atomic E-state index is -0.886. The van der Waals surface area contributed by atoms with Gasteiger partial charge in [-0.15, -0.1) is 0 Å². The molecule has 1 saturated heterocycles. The fourth-order valence-electron chi connectivity index (χ4n) is 2.94. The Balaban J connectivity index is 1.66. The van der Waals surface area contributed by atoms with Crippen LogP contribution in [0.3, 0.4) is 0 Å². The van der Waals surface area contributed by atoms with E-state index in [1.165, 1.54) is 0 Å². The average Bonchev–Trinajstić information content (AvgIpc) is 3.08. The van der Waals surface area contributed by atoms with Crippen LogP contribution in [0.4, 0.5) is 5.82 Å². The van der Waals surface area contributed by atoms with Gasteiger partial charge < -0.3 is 19.7 Å². The van der Waals surface area contributed by atoms with Gasteiger partial charge in [0.05, 0.1) is 40.7 Å². The molecule has 0 amide bonds. The minimum absolute atomic E-state index is 0.0520. The number of imidazole rings is 1. The second-order valence-electron chi connectivity index (χ2n) is 6.05. The van der Waals surface area contributed by atoms with Crippen molar-refractivity contribution in [3.8, 4) is 11.3 Å². The molecular formula is C18H17ClN4O3S. The maximum absolute atomic E-state index is 10.7. The number of benzene rings is 1. The van der Waals surface area contributed by atoms with Gasteiger partial charge in [0, 0.05) is 18.7 Å². The Morgan fingerprint density at radius 2 is 2.11 bits per heavy atom. The second kappa shape index (κ2) is 7.75. The molecule has 0 saturated carbocycles. The smallest absolute Gasteiger partial charge is 0.313 e. The summed E-state index contributed by atoms with van der Waals surface area (Å²) in [5.41, 5.74) is 3.05. The van der Waals surface area contributed by atoms with E-state index in [-0.39, 0.29) is 5.75 Å². The molecule has 0 aliphatic carbocycles. The number of fused-ring (bicyclic) bond motifs is 1. The number of carbonyl (C=O) groups is 1. The lowest BCUT2D eigenvalue weighted by molar-refractivity contribution is -0.133. The van der Waals surface area contributed by atoms with Gasteiger partial charge in [-0.1, -0.05) is 29.4 Å². The Bertz CT molecular complexity index is 988. The largest absolute Gasteiger partial charge is 0.481 e. The van der Waals surface area contributed by atoms with E-state index in [0.29, 0.717) is 23.4 Å². The molecule has 0 radical (unpaired) electrons. The molecule has 4 rings (SSSR count). The van der Waals surface area contributed by atoms with Crippen molar-refractivity contribution < 1.29 is 14.6 Å². The van der Waals surface area contributed by atoms with Crippen molar-refractivity contribution in [2.24, 2.45) is 0 Å². The molecule has 1 aromatic carbocycles. The Labute approximate surface area is 164 Å². The van der Waals surface area contributed by atoms with Crippen LogP contribution >= 0.6 is 23.4 Å². The molecule has 27 heavy (non-hydrogen) atoms. The molecule has 0 atom stereocenters. The van der Waals surface area contributed by atoms with Crippen molar-refractivity contribution in [3.05, 3.63) is 35.4 Å². The molecule has 0 spiro atoms. The van der Waals surface area contributed by atoms with E-state index >= 15 is 0 Å². The van der Waals surface area contributed by atoms with Crippen molar-refractivity contribution in [1.82, 2.24) is 15.0 Å². The van der Waals surface area contributed by atoms with E-state index in [0.717, 1.165) is 53.0 Å². The third-order valence-corrected chi connectivity index (χ3v) is 5.40. The number of ether oxygens (including phenoxy) is 1. The second-order valence-corrected chi connectivity index (χ2v) is 7.43. The number of carboxylic acids is 1. The van der Waals surface area contributed by atoms with Crippen LogP contribution in [-0.4, -0.2) is 58.1 Å². The molecule has 0 bridgehead atoms. The number of rotatable bonds is 5. The fraction of sp³-hybridized carbons (Fsp3) is 0.278. The topological polar surface area (TPSA) is 91.3 Å². The summed E-state index contributed by atoms with van der Waals surface area (Å²) in [5.74, 6) is -0.0428. The molecule has 3 aromatic rings. The van der Waals surface area contributed by atoms with Crippen LogP contribution in [-0.2, 0) is 9.53 Å². The number of aliphatic carboxylic acids is 1. The molecule has 9 heteroatoms. The van der Waals surface area contributed by atoms with E-state index in [1.54, 1.807) is 6.07 Å². The lowest BCUT2D eigenvalue weighted by Gasteiger charge is -2.28. The van der Waals surface area contributed by atoms with Gasteiger partial charge in [-0.3, -0.25) is 4.79 Å². The first-order valence-electron chi connectivity index (χ1n) is 8.44. The summed E-state index contributed by atoms with van der Waals surface area (Å²) < 4.78 is 5.40. The summed E-state index contributed by atoms with van der Waals surface area (Å²) in [5, 5.41) is 9.93. The number of halogens is 1. The highest BCUT2D eigenvalue weighted by molar-refractivity contribution is 7.99. The molecular weight excluding hydrogens is 388 g/mol. The number of anilines is 1.